The van der Waals surface area contributed by atoms with E-state index in [0.717, 1.165) is 38.5 Å². The minimum Gasteiger partial charge on any atom is -0.462 e. The molecule has 0 fully saturated rings. The number of rotatable bonds is 11. The SMILES string of the molecule is CCCCCCC(Br)C(=O)OC(CC)CCCC. The van der Waals surface area contributed by atoms with Gasteiger partial charge in [-0.2, -0.15) is 0 Å². The highest BCUT2D eigenvalue weighted by Crippen LogP contribution is 2.17. The molecule has 0 saturated carbocycles. The largest absolute Gasteiger partial charge is 0.462 e. The van der Waals surface area contributed by atoms with Crippen LogP contribution in [0.3, 0.4) is 0 Å². The van der Waals surface area contributed by atoms with Gasteiger partial charge in [0.2, 0.25) is 0 Å². The molecule has 0 amide bonds. The molecular weight excluding hydrogens is 292 g/mol. The monoisotopic (exact) mass is 320 g/mol. The Morgan fingerprint density at radius 1 is 1.00 bits per heavy atom. The van der Waals surface area contributed by atoms with Crippen LogP contribution < -0.4 is 0 Å². The van der Waals surface area contributed by atoms with Gasteiger partial charge in [0, 0.05) is 0 Å². The average molecular weight is 321 g/mol. The fourth-order valence-electron chi connectivity index (χ4n) is 1.88. The summed E-state index contributed by atoms with van der Waals surface area (Å²) >= 11 is 3.45. The van der Waals surface area contributed by atoms with Gasteiger partial charge in [0.1, 0.15) is 10.9 Å². The van der Waals surface area contributed by atoms with Crippen LogP contribution in [0, 0.1) is 0 Å². The van der Waals surface area contributed by atoms with Crippen molar-refractivity contribution in [2.45, 2.75) is 89.5 Å². The molecule has 2 nitrogen and oxygen atoms in total. The van der Waals surface area contributed by atoms with Gasteiger partial charge in [-0.15, -0.1) is 0 Å². The van der Waals surface area contributed by atoms with Gasteiger partial charge in [0.15, 0.2) is 0 Å². The van der Waals surface area contributed by atoms with Crippen molar-refractivity contribution in [2.24, 2.45) is 0 Å². The van der Waals surface area contributed by atoms with Crippen LogP contribution in [-0.2, 0) is 9.53 Å². The summed E-state index contributed by atoms with van der Waals surface area (Å²) < 4.78 is 5.53. The third-order valence-corrected chi connectivity index (χ3v) is 4.02. The average Bonchev–Trinajstić information content (AvgIpc) is 2.38. The van der Waals surface area contributed by atoms with E-state index in [0.29, 0.717) is 0 Å². The molecule has 0 aromatic rings. The van der Waals surface area contributed by atoms with Crippen LogP contribution in [0.25, 0.3) is 0 Å². The molecule has 0 aliphatic heterocycles. The standard InChI is InChI=1S/C15H29BrO2/c1-4-7-9-10-12-14(16)15(17)18-13(6-3)11-8-5-2/h13-14H,4-12H2,1-3H3. The Morgan fingerprint density at radius 2 is 1.67 bits per heavy atom. The van der Waals surface area contributed by atoms with E-state index in [9.17, 15) is 4.79 Å². The van der Waals surface area contributed by atoms with Crippen molar-refractivity contribution < 1.29 is 9.53 Å². The summed E-state index contributed by atoms with van der Waals surface area (Å²) in [6.45, 7) is 6.44. The maximum absolute atomic E-state index is 11.9. The molecule has 0 heterocycles. The van der Waals surface area contributed by atoms with Crippen molar-refractivity contribution >= 4 is 21.9 Å². The second-order valence-electron chi connectivity index (χ2n) is 4.93. The van der Waals surface area contributed by atoms with E-state index in [2.05, 4.69) is 36.7 Å². The Hall–Kier alpha value is -0.0500. The van der Waals surface area contributed by atoms with Gasteiger partial charge in [-0.1, -0.05) is 75.2 Å². The molecular formula is C15H29BrO2. The van der Waals surface area contributed by atoms with Crippen LogP contribution in [0.15, 0.2) is 0 Å². The van der Waals surface area contributed by atoms with Crippen molar-refractivity contribution in [3.05, 3.63) is 0 Å². The smallest absolute Gasteiger partial charge is 0.319 e. The predicted octanol–water partition coefficient (Wildman–Crippen LogP) is 5.23. The number of hydrogen-bond acceptors (Lipinski definition) is 2. The molecule has 0 rings (SSSR count). The van der Waals surface area contributed by atoms with Crippen LogP contribution in [-0.4, -0.2) is 16.9 Å². The molecule has 0 N–H and O–H groups in total. The highest BCUT2D eigenvalue weighted by molar-refractivity contribution is 9.10. The summed E-state index contributed by atoms with van der Waals surface area (Å²) in [5.41, 5.74) is 0. The number of alkyl halides is 1. The third kappa shape index (κ3) is 8.96. The highest BCUT2D eigenvalue weighted by atomic mass is 79.9. The molecule has 2 unspecified atom stereocenters. The lowest BCUT2D eigenvalue weighted by molar-refractivity contribution is -0.148. The van der Waals surface area contributed by atoms with Crippen LogP contribution in [0.5, 0.6) is 0 Å². The first-order chi connectivity index (χ1) is 8.65. The molecule has 18 heavy (non-hydrogen) atoms. The van der Waals surface area contributed by atoms with Gasteiger partial charge in [0.25, 0.3) is 0 Å². The van der Waals surface area contributed by atoms with E-state index in [-0.39, 0.29) is 16.9 Å². The number of halogens is 1. The number of esters is 1. The number of carbonyl (C=O) groups excluding carboxylic acids is 1. The van der Waals surface area contributed by atoms with E-state index in [1.165, 1.54) is 19.3 Å². The first kappa shape index (κ1) is 17.9. The summed E-state index contributed by atoms with van der Waals surface area (Å²) in [5, 5.41) is 0. The third-order valence-electron chi connectivity index (χ3n) is 3.18. The topological polar surface area (TPSA) is 26.3 Å². The maximum Gasteiger partial charge on any atom is 0.319 e. The van der Waals surface area contributed by atoms with E-state index in [1.807, 2.05) is 0 Å². The minimum absolute atomic E-state index is 0.0746. The molecule has 0 bridgehead atoms. The van der Waals surface area contributed by atoms with Crippen molar-refractivity contribution in [2.75, 3.05) is 0 Å². The lowest BCUT2D eigenvalue weighted by atomic mass is 10.1. The Bertz CT molecular complexity index is 207. The lowest BCUT2D eigenvalue weighted by Gasteiger charge is -2.18. The fourth-order valence-corrected chi connectivity index (χ4v) is 2.32. The molecule has 0 aliphatic carbocycles. The fraction of sp³-hybridized carbons (Fsp3) is 0.933. The summed E-state index contributed by atoms with van der Waals surface area (Å²) in [7, 11) is 0. The normalized spacial score (nSPS) is 14.2. The molecule has 0 spiro atoms. The van der Waals surface area contributed by atoms with E-state index in [1.54, 1.807) is 0 Å². The highest BCUT2D eigenvalue weighted by Gasteiger charge is 2.19. The quantitative estimate of drug-likeness (QED) is 0.296. The predicted molar refractivity (Wildman–Crippen MR) is 81.2 cm³/mol. The molecule has 0 saturated heterocycles. The first-order valence-corrected chi connectivity index (χ1v) is 8.41. The van der Waals surface area contributed by atoms with E-state index in [4.69, 9.17) is 4.74 Å². The zero-order chi connectivity index (χ0) is 13.8. The van der Waals surface area contributed by atoms with Crippen LogP contribution >= 0.6 is 15.9 Å². The van der Waals surface area contributed by atoms with Crippen molar-refractivity contribution in [1.29, 1.82) is 0 Å². The molecule has 3 heteroatoms. The maximum atomic E-state index is 11.9. The Morgan fingerprint density at radius 3 is 2.22 bits per heavy atom. The summed E-state index contributed by atoms with van der Waals surface area (Å²) in [6, 6.07) is 0. The Balaban J connectivity index is 3.82. The van der Waals surface area contributed by atoms with Gasteiger partial charge >= 0.3 is 5.97 Å². The number of unbranched alkanes of at least 4 members (excludes halogenated alkanes) is 4. The molecule has 2 atom stereocenters. The zero-order valence-electron chi connectivity index (χ0n) is 12.2. The summed E-state index contributed by atoms with van der Waals surface area (Å²) in [5.74, 6) is -0.0746. The zero-order valence-corrected chi connectivity index (χ0v) is 13.8. The van der Waals surface area contributed by atoms with Crippen LogP contribution in [0.1, 0.15) is 78.6 Å². The molecule has 108 valence electrons. The summed E-state index contributed by atoms with van der Waals surface area (Å²) in [4.78, 5) is 11.7. The molecule has 0 aromatic carbocycles. The van der Waals surface area contributed by atoms with Crippen LogP contribution in [0.4, 0.5) is 0 Å². The van der Waals surface area contributed by atoms with Crippen molar-refractivity contribution in [1.82, 2.24) is 0 Å². The minimum atomic E-state index is -0.120. The van der Waals surface area contributed by atoms with Gasteiger partial charge in [-0.05, 0) is 19.3 Å². The van der Waals surface area contributed by atoms with Crippen LogP contribution in [0.2, 0.25) is 0 Å². The number of hydrogen-bond donors (Lipinski definition) is 0. The number of ether oxygens (including phenoxy) is 1. The number of carbonyl (C=O) groups is 1. The Labute approximate surface area is 121 Å². The van der Waals surface area contributed by atoms with Crippen molar-refractivity contribution in [3.63, 3.8) is 0 Å². The van der Waals surface area contributed by atoms with Gasteiger partial charge < -0.3 is 4.74 Å². The second-order valence-corrected chi connectivity index (χ2v) is 6.03. The van der Waals surface area contributed by atoms with E-state index >= 15 is 0 Å². The van der Waals surface area contributed by atoms with Gasteiger partial charge in [-0.25, -0.2) is 0 Å². The Kier molecular flexibility index (Phi) is 12.0. The molecule has 0 radical (unpaired) electrons. The van der Waals surface area contributed by atoms with E-state index < -0.39 is 0 Å². The van der Waals surface area contributed by atoms with Gasteiger partial charge in [0.05, 0.1) is 0 Å². The first-order valence-electron chi connectivity index (χ1n) is 7.50. The molecule has 0 aliphatic rings. The van der Waals surface area contributed by atoms with Crippen molar-refractivity contribution in [3.8, 4) is 0 Å². The second kappa shape index (κ2) is 12.0. The summed E-state index contributed by atoms with van der Waals surface area (Å²) in [6.07, 6.45) is 9.99. The van der Waals surface area contributed by atoms with Gasteiger partial charge in [-0.3, -0.25) is 4.79 Å². The lowest BCUT2D eigenvalue weighted by Crippen LogP contribution is -2.24. The molecule has 0 aromatic heterocycles.